The average molecular weight is 375 g/mol. The molecule has 1 fully saturated rings. The van der Waals surface area contributed by atoms with Gasteiger partial charge in [0.1, 0.15) is 5.78 Å². The summed E-state index contributed by atoms with van der Waals surface area (Å²) in [5.74, 6) is 1.90. The quantitative estimate of drug-likeness (QED) is 0.714. The van der Waals surface area contributed by atoms with Crippen LogP contribution in [-0.2, 0) is 4.79 Å². The molecular weight excluding hydrogens is 344 g/mol. The second kappa shape index (κ2) is 7.90. The number of anilines is 1. The predicted molar refractivity (Wildman–Crippen MR) is 116 cm³/mol. The second-order valence-electron chi connectivity index (χ2n) is 8.69. The first-order chi connectivity index (χ1) is 13.5. The van der Waals surface area contributed by atoms with Crippen molar-refractivity contribution >= 4 is 17.7 Å². The molecule has 0 saturated heterocycles. The van der Waals surface area contributed by atoms with Crippen molar-refractivity contribution in [3.05, 3.63) is 65.4 Å². The molecule has 3 aliphatic rings. The van der Waals surface area contributed by atoms with E-state index in [-0.39, 0.29) is 11.8 Å². The summed E-state index contributed by atoms with van der Waals surface area (Å²) in [5, 5.41) is 0. The van der Waals surface area contributed by atoms with Gasteiger partial charge >= 0.3 is 0 Å². The molecule has 0 amide bonds. The van der Waals surface area contributed by atoms with E-state index in [0.29, 0.717) is 23.5 Å². The lowest BCUT2D eigenvalue weighted by Crippen LogP contribution is -2.29. The van der Waals surface area contributed by atoms with Crippen LogP contribution in [0.15, 0.2) is 64.8 Å². The number of nitrogens with two attached hydrogens (primary N) is 1. The SMILES string of the molecule is CC(=O)C1CCC(C2=C3C=CC=CC3CC(C)C=N2)CC1c1cccc(N)c1. The Labute approximate surface area is 168 Å². The third kappa shape index (κ3) is 3.76. The first kappa shape index (κ1) is 18.9. The van der Waals surface area contributed by atoms with Gasteiger partial charge in [0.05, 0.1) is 0 Å². The molecule has 5 unspecified atom stereocenters. The predicted octanol–water partition coefficient (Wildman–Crippen LogP) is 5.46. The molecule has 1 aromatic carbocycles. The summed E-state index contributed by atoms with van der Waals surface area (Å²) in [6.07, 6.45) is 15.0. The van der Waals surface area contributed by atoms with E-state index in [2.05, 4.69) is 43.5 Å². The summed E-state index contributed by atoms with van der Waals surface area (Å²) in [6.45, 7) is 3.99. The standard InChI is InChI=1S/C25H30N2O/c1-16-12-18-6-3-4-9-23(18)25(27-15-16)20-10-11-22(17(2)28)24(14-20)19-7-5-8-21(26)13-19/h3-9,13,15-16,18,20,22,24H,10-12,14,26H2,1-2H3. The number of Topliss-reactive ketones (excluding diaryl/α,β-unsaturated/α-hetero) is 1. The van der Waals surface area contributed by atoms with E-state index in [9.17, 15) is 4.79 Å². The first-order valence-electron chi connectivity index (χ1n) is 10.5. The van der Waals surface area contributed by atoms with Gasteiger partial charge in [-0.05, 0) is 67.7 Å². The van der Waals surface area contributed by atoms with Crippen LogP contribution in [0.3, 0.4) is 0 Å². The molecule has 1 heterocycles. The summed E-state index contributed by atoms with van der Waals surface area (Å²) in [4.78, 5) is 17.4. The van der Waals surface area contributed by atoms with Gasteiger partial charge in [-0.15, -0.1) is 0 Å². The third-order valence-electron chi connectivity index (χ3n) is 6.62. The van der Waals surface area contributed by atoms with Gasteiger partial charge in [-0.25, -0.2) is 0 Å². The van der Waals surface area contributed by atoms with Gasteiger partial charge in [0.15, 0.2) is 0 Å². The Kier molecular flexibility index (Phi) is 5.34. The monoisotopic (exact) mass is 374 g/mol. The lowest BCUT2D eigenvalue weighted by molar-refractivity contribution is -0.122. The van der Waals surface area contributed by atoms with Crippen molar-refractivity contribution in [1.82, 2.24) is 0 Å². The van der Waals surface area contributed by atoms with E-state index in [1.54, 1.807) is 6.92 Å². The normalized spacial score (nSPS) is 32.1. The van der Waals surface area contributed by atoms with Crippen LogP contribution in [0, 0.1) is 23.7 Å². The summed E-state index contributed by atoms with van der Waals surface area (Å²) < 4.78 is 0. The highest BCUT2D eigenvalue weighted by molar-refractivity contribution is 5.79. The molecule has 3 nitrogen and oxygen atoms in total. The van der Waals surface area contributed by atoms with E-state index in [1.807, 2.05) is 18.2 Å². The molecule has 1 aromatic rings. The van der Waals surface area contributed by atoms with E-state index < -0.39 is 0 Å². The number of nitrogens with zero attached hydrogens (tertiary/aromatic N) is 1. The van der Waals surface area contributed by atoms with E-state index in [0.717, 1.165) is 31.4 Å². The van der Waals surface area contributed by atoms with Crippen molar-refractivity contribution in [3.63, 3.8) is 0 Å². The van der Waals surface area contributed by atoms with Crippen LogP contribution in [0.1, 0.15) is 51.0 Å². The topological polar surface area (TPSA) is 55.5 Å². The molecule has 2 aliphatic carbocycles. The number of hydrogen-bond donors (Lipinski definition) is 1. The molecule has 3 heteroatoms. The number of ketones is 1. The van der Waals surface area contributed by atoms with Gasteiger partial charge in [0, 0.05) is 35.4 Å². The summed E-state index contributed by atoms with van der Waals surface area (Å²) in [5.41, 5.74) is 10.6. The van der Waals surface area contributed by atoms with Gasteiger partial charge in [-0.3, -0.25) is 9.79 Å². The zero-order valence-corrected chi connectivity index (χ0v) is 16.8. The second-order valence-corrected chi connectivity index (χ2v) is 8.69. The molecule has 0 radical (unpaired) electrons. The molecule has 0 bridgehead atoms. The van der Waals surface area contributed by atoms with Crippen LogP contribution in [0.5, 0.6) is 0 Å². The Hall–Kier alpha value is -2.42. The molecule has 4 rings (SSSR count). The van der Waals surface area contributed by atoms with Gasteiger partial charge in [-0.2, -0.15) is 0 Å². The Morgan fingerprint density at radius 2 is 2.04 bits per heavy atom. The van der Waals surface area contributed by atoms with Crippen LogP contribution in [-0.4, -0.2) is 12.0 Å². The molecule has 1 saturated carbocycles. The Bertz CT molecular complexity index is 876. The smallest absolute Gasteiger partial charge is 0.133 e. The van der Waals surface area contributed by atoms with Crippen molar-refractivity contribution in [1.29, 1.82) is 0 Å². The highest BCUT2D eigenvalue weighted by atomic mass is 16.1. The van der Waals surface area contributed by atoms with Crippen molar-refractivity contribution in [2.45, 2.75) is 45.4 Å². The van der Waals surface area contributed by atoms with Gasteiger partial charge in [-0.1, -0.05) is 43.4 Å². The van der Waals surface area contributed by atoms with Gasteiger partial charge in [0.2, 0.25) is 0 Å². The van der Waals surface area contributed by atoms with Crippen LogP contribution in [0.2, 0.25) is 0 Å². The lowest BCUT2D eigenvalue weighted by Gasteiger charge is -2.36. The number of allylic oxidation sites excluding steroid dienone is 6. The summed E-state index contributed by atoms with van der Waals surface area (Å²) in [7, 11) is 0. The number of aliphatic imine (C=N–C) groups is 1. The number of carbonyl (C=O) groups is 1. The van der Waals surface area contributed by atoms with Crippen molar-refractivity contribution in [2.24, 2.45) is 28.7 Å². The summed E-state index contributed by atoms with van der Waals surface area (Å²) in [6, 6.07) is 8.09. The highest BCUT2D eigenvalue weighted by Crippen LogP contribution is 2.46. The molecule has 28 heavy (non-hydrogen) atoms. The molecular formula is C25H30N2O. The number of rotatable bonds is 3. The number of carbonyl (C=O) groups excluding carboxylic acids is 1. The first-order valence-corrected chi connectivity index (χ1v) is 10.5. The van der Waals surface area contributed by atoms with Gasteiger partial charge < -0.3 is 5.73 Å². The number of benzene rings is 1. The minimum atomic E-state index is 0.0786. The zero-order valence-electron chi connectivity index (χ0n) is 16.8. The molecule has 0 aromatic heterocycles. The molecule has 2 N–H and O–H groups in total. The maximum Gasteiger partial charge on any atom is 0.133 e. The number of hydrogen-bond acceptors (Lipinski definition) is 3. The van der Waals surface area contributed by atoms with Crippen molar-refractivity contribution in [3.8, 4) is 0 Å². The van der Waals surface area contributed by atoms with Crippen LogP contribution in [0.25, 0.3) is 0 Å². The Balaban J connectivity index is 1.69. The van der Waals surface area contributed by atoms with Crippen molar-refractivity contribution < 1.29 is 4.79 Å². The molecule has 146 valence electrons. The van der Waals surface area contributed by atoms with E-state index in [4.69, 9.17) is 10.7 Å². The molecule has 5 atom stereocenters. The minimum absolute atomic E-state index is 0.0786. The Morgan fingerprint density at radius 1 is 1.18 bits per heavy atom. The van der Waals surface area contributed by atoms with E-state index in [1.165, 1.54) is 16.8 Å². The largest absolute Gasteiger partial charge is 0.399 e. The van der Waals surface area contributed by atoms with Crippen LogP contribution in [0.4, 0.5) is 5.69 Å². The number of fused-ring (bicyclic) bond motifs is 1. The minimum Gasteiger partial charge on any atom is -0.399 e. The summed E-state index contributed by atoms with van der Waals surface area (Å²) >= 11 is 0. The van der Waals surface area contributed by atoms with Crippen molar-refractivity contribution in [2.75, 3.05) is 5.73 Å². The fraction of sp³-hybridized carbons (Fsp3) is 0.440. The zero-order chi connectivity index (χ0) is 19.7. The van der Waals surface area contributed by atoms with E-state index >= 15 is 0 Å². The van der Waals surface area contributed by atoms with Crippen LogP contribution < -0.4 is 5.73 Å². The molecule has 0 spiro atoms. The fourth-order valence-electron chi connectivity index (χ4n) is 5.21. The number of nitrogen functional groups attached to an aromatic ring is 1. The maximum atomic E-state index is 12.4. The highest BCUT2D eigenvalue weighted by Gasteiger charge is 2.37. The van der Waals surface area contributed by atoms with Gasteiger partial charge in [0.25, 0.3) is 0 Å². The Morgan fingerprint density at radius 3 is 2.82 bits per heavy atom. The molecule has 1 aliphatic heterocycles. The fourth-order valence-corrected chi connectivity index (χ4v) is 5.21. The van der Waals surface area contributed by atoms with Crippen LogP contribution >= 0.6 is 0 Å². The maximum absolute atomic E-state index is 12.4. The third-order valence-corrected chi connectivity index (χ3v) is 6.62. The average Bonchev–Trinajstić information content (AvgIpc) is 2.85. The lowest BCUT2D eigenvalue weighted by atomic mass is 9.68.